The van der Waals surface area contributed by atoms with Crippen LogP contribution in [0.4, 0.5) is 13.2 Å². The molecule has 0 bridgehead atoms. The quantitative estimate of drug-likeness (QED) is 0.774. The van der Waals surface area contributed by atoms with Crippen LogP contribution in [0.3, 0.4) is 0 Å². The van der Waals surface area contributed by atoms with Gasteiger partial charge in [0.1, 0.15) is 0 Å². The molecule has 2 rings (SSSR count). The lowest BCUT2D eigenvalue weighted by Crippen LogP contribution is -2.12. The van der Waals surface area contributed by atoms with E-state index < -0.39 is 11.7 Å². The van der Waals surface area contributed by atoms with E-state index in [1.165, 1.54) is 24.2 Å². The first-order valence-electron chi connectivity index (χ1n) is 5.99. The van der Waals surface area contributed by atoms with Gasteiger partial charge in [0.15, 0.2) is 0 Å². The van der Waals surface area contributed by atoms with E-state index in [1.54, 1.807) is 0 Å². The van der Waals surface area contributed by atoms with Crippen LogP contribution in [0.2, 0.25) is 0 Å². The Morgan fingerprint density at radius 1 is 1.26 bits per heavy atom. The summed E-state index contributed by atoms with van der Waals surface area (Å²) in [5.74, 6) is 0. The van der Waals surface area contributed by atoms with Crippen molar-refractivity contribution in [1.29, 1.82) is 0 Å². The summed E-state index contributed by atoms with van der Waals surface area (Å²) in [4.78, 5) is 0. The van der Waals surface area contributed by atoms with Gasteiger partial charge in [-0.05, 0) is 42.6 Å². The fourth-order valence-electron chi connectivity index (χ4n) is 2.10. The Balaban J connectivity index is 1.96. The average molecular weight is 292 g/mol. The van der Waals surface area contributed by atoms with E-state index in [1.807, 2.05) is 6.26 Å². The molecule has 1 aromatic rings. The van der Waals surface area contributed by atoms with E-state index in [4.69, 9.17) is 8.92 Å². The summed E-state index contributed by atoms with van der Waals surface area (Å²) in [5, 5.41) is 0. The third-order valence-corrected chi connectivity index (χ3v) is 3.46. The minimum Gasteiger partial charge on any atom is -0.368 e. The predicted molar refractivity (Wildman–Crippen MR) is 67.8 cm³/mol. The van der Waals surface area contributed by atoms with Gasteiger partial charge in [-0.15, -0.1) is 0 Å². The second-order valence-electron chi connectivity index (χ2n) is 4.40. The molecule has 2 unspecified atom stereocenters. The molecule has 1 fully saturated rings. The first kappa shape index (κ1) is 14.7. The van der Waals surface area contributed by atoms with Crippen molar-refractivity contribution in [3.05, 3.63) is 35.4 Å². The Labute approximate surface area is 114 Å². The summed E-state index contributed by atoms with van der Waals surface area (Å²) < 4.78 is 48.3. The van der Waals surface area contributed by atoms with Crippen LogP contribution in [-0.2, 0) is 15.1 Å². The maximum absolute atomic E-state index is 12.4. The van der Waals surface area contributed by atoms with Gasteiger partial charge in [-0.2, -0.15) is 13.2 Å². The van der Waals surface area contributed by atoms with E-state index in [0.29, 0.717) is 6.61 Å². The molecule has 2 atom stereocenters. The molecule has 0 N–H and O–H groups in total. The number of hydrogen-bond acceptors (Lipinski definition) is 3. The highest BCUT2D eigenvalue weighted by Crippen LogP contribution is 2.35. The molecule has 1 aromatic carbocycles. The topological polar surface area (TPSA) is 18.5 Å². The highest BCUT2D eigenvalue weighted by atomic mass is 32.2. The van der Waals surface area contributed by atoms with Crippen molar-refractivity contribution < 1.29 is 22.1 Å². The van der Waals surface area contributed by atoms with Crippen molar-refractivity contribution in [3.8, 4) is 0 Å². The molecule has 1 aliphatic rings. The van der Waals surface area contributed by atoms with E-state index in [9.17, 15) is 13.2 Å². The summed E-state index contributed by atoms with van der Waals surface area (Å²) in [6.07, 6.45) is -0.871. The van der Waals surface area contributed by atoms with Crippen molar-refractivity contribution in [2.24, 2.45) is 0 Å². The van der Waals surface area contributed by atoms with Gasteiger partial charge in [0.25, 0.3) is 0 Å². The van der Waals surface area contributed by atoms with Crippen LogP contribution in [0, 0.1) is 0 Å². The van der Waals surface area contributed by atoms with Crippen LogP contribution in [0.1, 0.15) is 30.1 Å². The number of alkyl halides is 3. The van der Waals surface area contributed by atoms with Gasteiger partial charge in [0.2, 0.25) is 0 Å². The zero-order valence-electron chi connectivity index (χ0n) is 10.4. The smallest absolute Gasteiger partial charge is 0.368 e. The van der Waals surface area contributed by atoms with Crippen molar-refractivity contribution in [3.63, 3.8) is 0 Å². The SMILES string of the molecule is CSOCC1CCC(c2ccc(C(F)(F)F)cc2)O1. The summed E-state index contributed by atoms with van der Waals surface area (Å²) in [6, 6.07) is 5.19. The van der Waals surface area contributed by atoms with Crippen molar-refractivity contribution in [2.45, 2.75) is 31.2 Å². The first-order valence-corrected chi connectivity index (χ1v) is 7.14. The average Bonchev–Trinajstić information content (AvgIpc) is 2.84. The van der Waals surface area contributed by atoms with E-state index in [2.05, 4.69) is 0 Å². The first-order chi connectivity index (χ1) is 9.00. The van der Waals surface area contributed by atoms with Gasteiger partial charge in [0, 0.05) is 6.26 Å². The summed E-state index contributed by atoms with van der Waals surface area (Å²) in [6.45, 7) is 0.512. The number of ether oxygens (including phenoxy) is 1. The zero-order valence-corrected chi connectivity index (χ0v) is 11.3. The standard InChI is InChI=1S/C13H15F3O2S/c1-19-17-8-11-6-7-12(18-11)9-2-4-10(5-3-9)13(14,15)16/h2-5,11-12H,6-8H2,1H3. The lowest BCUT2D eigenvalue weighted by molar-refractivity contribution is -0.137. The fourth-order valence-corrected chi connectivity index (χ4v) is 2.39. The van der Waals surface area contributed by atoms with Crippen molar-refractivity contribution in [2.75, 3.05) is 12.9 Å². The van der Waals surface area contributed by atoms with Crippen molar-refractivity contribution in [1.82, 2.24) is 0 Å². The number of rotatable bonds is 4. The third kappa shape index (κ3) is 3.87. The van der Waals surface area contributed by atoms with Crippen LogP contribution in [0.15, 0.2) is 24.3 Å². The van der Waals surface area contributed by atoms with Crippen molar-refractivity contribution >= 4 is 12.0 Å². The largest absolute Gasteiger partial charge is 0.416 e. The molecule has 0 radical (unpaired) electrons. The van der Waals surface area contributed by atoms with E-state index >= 15 is 0 Å². The molecule has 0 amide bonds. The molecular weight excluding hydrogens is 277 g/mol. The lowest BCUT2D eigenvalue weighted by Gasteiger charge is -2.14. The van der Waals surface area contributed by atoms with Gasteiger partial charge in [-0.3, -0.25) is 0 Å². The minimum atomic E-state index is -4.29. The Morgan fingerprint density at radius 3 is 2.53 bits per heavy atom. The van der Waals surface area contributed by atoms with Crippen LogP contribution in [0.5, 0.6) is 0 Å². The van der Waals surface area contributed by atoms with E-state index in [0.717, 1.165) is 30.5 Å². The van der Waals surface area contributed by atoms with Gasteiger partial charge < -0.3 is 8.92 Å². The van der Waals surface area contributed by atoms with Crippen LogP contribution < -0.4 is 0 Å². The highest BCUT2D eigenvalue weighted by Gasteiger charge is 2.31. The molecule has 1 heterocycles. The summed E-state index contributed by atoms with van der Waals surface area (Å²) in [5.41, 5.74) is 0.163. The van der Waals surface area contributed by atoms with Gasteiger partial charge in [-0.1, -0.05) is 12.1 Å². The third-order valence-electron chi connectivity index (χ3n) is 3.09. The van der Waals surface area contributed by atoms with E-state index in [-0.39, 0.29) is 12.2 Å². The highest BCUT2D eigenvalue weighted by molar-refractivity contribution is 7.93. The Hall–Kier alpha value is -0.720. The molecule has 1 saturated heterocycles. The maximum atomic E-state index is 12.4. The maximum Gasteiger partial charge on any atom is 0.416 e. The minimum absolute atomic E-state index is 0.0275. The number of halogens is 3. The Kier molecular flexibility index (Phi) is 4.76. The molecule has 19 heavy (non-hydrogen) atoms. The van der Waals surface area contributed by atoms with Crippen LogP contribution in [-0.4, -0.2) is 19.0 Å². The molecular formula is C13H15F3O2S. The molecule has 0 aromatic heterocycles. The molecule has 0 saturated carbocycles. The second-order valence-corrected chi connectivity index (χ2v) is 4.96. The van der Waals surface area contributed by atoms with Gasteiger partial charge in [-0.25, -0.2) is 0 Å². The molecule has 6 heteroatoms. The van der Waals surface area contributed by atoms with Gasteiger partial charge in [0.05, 0.1) is 24.4 Å². The number of benzene rings is 1. The molecule has 0 aliphatic carbocycles. The Morgan fingerprint density at radius 2 is 1.95 bits per heavy atom. The molecule has 2 nitrogen and oxygen atoms in total. The molecule has 1 aliphatic heterocycles. The summed E-state index contributed by atoms with van der Waals surface area (Å²) in [7, 11) is 0. The fraction of sp³-hybridized carbons (Fsp3) is 0.538. The Bertz CT molecular complexity index is 405. The summed E-state index contributed by atoms with van der Waals surface area (Å²) >= 11 is 1.29. The second kappa shape index (κ2) is 6.15. The molecule has 106 valence electrons. The predicted octanol–water partition coefficient (Wildman–Crippen LogP) is 4.22. The lowest BCUT2D eigenvalue weighted by atomic mass is 10.0. The molecule has 0 spiro atoms. The normalized spacial score (nSPS) is 23.8. The number of hydrogen-bond donors (Lipinski definition) is 0. The monoisotopic (exact) mass is 292 g/mol. The zero-order chi connectivity index (χ0) is 13.9. The van der Waals surface area contributed by atoms with Crippen LogP contribution in [0.25, 0.3) is 0 Å². The van der Waals surface area contributed by atoms with Crippen LogP contribution >= 0.6 is 12.0 Å². The van der Waals surface area contributed by atoms with Gasteiger partial charge >= 0.3 is 6.18 Å².